The number of hydrogen-bond donors (Lipinski definition) is 1. The van der Waals surface area contributed by atoms with Crippen LogP contribution in [0.25, 0.3) is 0 Å². The first-order valence-corrected chi connectivity index (χ1v) is 6.78. The largest absolute Gasteiger partial charge is 0.391 e. The van der Waals surface area contributed by atoms with Crippen LogP contribution in [0.4, 0.5) is 5.69 Å². The van der Waals surface area contributed by atoms with E-state index >= 15 is 0 Å². The van der Waals surface area contributed by atoms with Crippen molar-refractivity contribution in [2.45, 2.75) is 26.4 Å². The van der Waals surface area contributed by atoms with Crippen LogP contribution in [0.3, 0.4) is 0 Å². The van der Waals surface area contributed by atoms with Crippen LogP contribution in [0.15, 0.2) is 24.3 Å². The van der Waals surface area contributed by atoms with E-state index in [-0.39, 0.29) is 6.10 Å². The number of ether oxygens (including phenoxy) is 1. The standard InChI is InChI=1S/C15H23NO2/c1-3-16(14-7-5-4-6-12(14)2)10-15(17)13-8-9-18-11-13/h4-7,13,15,17H,3,8-11H2,1-2H3. The molecule has 2 unspecified atom stereocenters. The normalized spacial score (nSPS) is 20.9. The van der Waals surface area contributed by atoms with E-state index in [1.54, 1.807) is 0 Å². The van der Waals surface area contributed by atoms with Gasteiger partial charge in [0.15, 0.2) is 0 Å². The summed E-state index contributed by atoms with van der Waals surface area (Å²) in [5, 5.41) is 10.3. The summed E-state index contributed by atoms with van der Waals surface area (Å²) in [7, 11) is 0. The van der Waals surface area contributed by atoms with Crippen LogP contribution >= 0.6 is 0 Å². The number of aliphatic hydroxyl groups is 1. The van der Waals surface area contributed by atoms with Crippen molar-refractivity contribution in [3.63, 3.8) is 0 Å². The first kappa shape index (κ1) is 13.4. The average molecular weight is 249 g/mol. The Morgan fingerprint density at radius 3 is 2.83 bits per heavy atom. The Morgan fingerprint density at radius 2 is 2.22 bits per heavy atom. The molecule has 1 aromatic carbocycles. The van der Waals surface area contributed by atoms with Crippen molar-refractivity contribution in [3.8, 4) is 0 Å². The molecule has 0 aromatic heterocycles. The highest BCUT2D eigenvalue weighted by molar-refractivity contribution is 5.52. The maximum absolute atomic E-state index is 10.3. The third-order valence-electron chi connectivity index (χ3n) is 3.75. The quantitative estimate of drug-likeness (QED) is 0.868. The van der Waals surface area contributed by atoms with E-state index in [0.29, 0.717) is 19.1 Å². The van der Waals surface area contributed by atoms with Gasteiger partial charge >= 0.3 is 0 Å². The molecule has 0 spiro atoms. The van der Waals surface area contributed by atoms with Gasteiger partial charge in [-0.1, -0.05) is 18.2 Å². The maximum atomic E-state index is 10.3. The Morgan fingerprint density at radius 1 is 1.44 bits per heavy atom. The molecule has 1 saturated heterocycles. The van der Waals surface area contributed by atoms with Gasteiger partial charge in [-0.3, -0.25) is 0 Å². The molecule has 1 aromatic rings. The number of para-hydroxylation sites is 1. The van der Waals surface area contributed by atoms with Crippen molar-refractivity contribution < 1.29 is 9.84 Å². The zero-order chi connectivity index (χ0) is 13.0. The predicted octanol–water partition coefficient (Wildman–Crippen LogP) is 2.22. The Hall–Kier alpha value is -1.06. The minimum atomic E-state index is -0.299. The van der Waals surface area contributed by atoms with Crippen molar-refractivity contribution >= 4 is 5.69 Å². The van der Waals surface area contributed by atoms with Crippen molar-refractivity contribution in [2.24, 2.45) is 5.92 Å². The van der Waals surface area contributed by atoms with Gasteiger partial charge in [0, 0.05) is 31.3 Å². The molecule has 100 valence electrons. The van der Waals surface area contributed by atoms with Gasteiger partial charge in [0.25, 0.3) is 0 Å². The van der Waals surface area contributed by atoms with Gasteiger partial charge in [0.1, 0.15) is 0 Å². The lowest BCUT2D eigenvalue weighted by molar-refractivity contribution is 0.0963. The molecule has 0 aliphatic carbocycles. The molecule has 18 heavy (non-hydrogen) atoms. The van der Waals surface area contributed by atoms with E-state index in [9.17, 15) is 5.11 Å². The zero-order valence-corrected chi connectivity index (χ0v) is 11.3. The van der Waals surface area contributed by atoms with E-state index in [1.807, 2.05) is 6.07 Å². The molecule has 2 rings (SSSR count). The summed E-state index contributed by atoms with van der Waals surface area (Å²) in [5.74, 6) is 0.295. The fourth-order valence-electron chi connectivity index (χ4n) is 2.55. The van der Waals surface area contributed by atoms with Crippen LogP contribution in [0.1, 0.15) is 18.9 Å². The molecule has 0 amide bonds. The minimum absolute atomic E-state index is 0.295. The molecule has 1 heterocycles. The van der Waals surface area contributed by atoms with Gasteiger partial charge in [0.2, 0.25) is 0 Å². The Labute approximate surface area is 109 Å². The van der Waals surface area contributed by atoms with Crippen LogP contribution in [0.2, 0.25) is 0 Å². The number of aliphatic hydroxyl groups excluding tert-OH is 1. The van der Waals surface area contributed by atoms with Gasteiger partial charge in [0.05, 0.1) is 12.7 Å². The highest BCUT2D eigenvalue weighted by Crippen LogP contribution is 2.22. The molecule has 3 nitrogen and oxygen atoms in total. The second-order valence-corrected chi connectivity index (χ2v) is 5.02. The first-order valence-electron chi connectivity index (χ1n) is 6.78. The number of likely N-dealkylation sites (N-methyl/N-ethyl adjacent to an activating group) is 1. The van der Waals surface area contributed by atoms with Gasteiger partial charge in [-0.2, -0.15) is 0 Å². The summed E-state index contributed by atoms with van der Waals surface area (Å²) in [6.45, 7) is 7.34. The number of rotatable bonds is 5. The molecular weight excluding hydrogens is 226 g/mol. The summed E-state index contributed by atoms with van der Waals surface area (Å²) >= 11 is 0. The van der Waals surface area contributed by atoms with E-state index in [2.05, 4.69) is 36.9 Å². The molecule has 1 aliphatic rings. The predicted molar refractivity (Wildman–Crippen MR) is 74.0 cm³/mol. The molecule has 3 heteroatoms. The van der Waals surface area contributed by atoms with Gasteiger partial charge < -0.3 is 14.7 Å². The summed E-state index contributed by atoms with van der Waals surface area (Å²) in [6.07, 6.45) is 0.680. The molecule has 0 radical (unpaired) electrons. The highest BCUT2D eigenvalue weighted by atomic mass is 16.5. The summed E-state index contributed by atoms with van der Waals surface area (Å²) < 4.78 is 5.34. The lowest BCUT2D eigenvalue weighted by Crippen LogP contribution is -2.37. The molecule has 1 aliphatic heterocycles. The number of hydrogen-bond acceptors (Lipinski definition) is 3. The summed E-state index contributed by atoms with van der Waals surface area (Å²) in [6, 6.07) is 8.34. The minimum Gasteiger partial charge on any atom is -0.391 e. The number of aryl methyl sites for hydroxylation is 1. The van der Waals surface area contributed by atoms with Crippen LogP contribution in [-0.2, 0) is 4.74 Å². The Kier molecular flexibility index (Phi) is 4.61. The Balaban J connectivity index is 2.02. The number of benzene rings is 1. The molecule has 2 atom stereocenters. The SMILES string of the molecule is CCN(CC(O)C1CCOC1)c1ccccc1C. The summed E-state index contributed by atoms with van der Waals surface area (Å²) in [4.78, 5) is 2.25. The molecular formula is C15H23NO2. The monoisotopic (exact) mass is 249 g/mol. The third kappa shape index (κ3) is 3.03. The van der Waals surface area contributed by atoms with Crippen molar-refractivity contribution in [1.29, 1.82) is 0 Å². The van der Waals surface area contributed by atoms with Crippen molar-refractivity contribution in [3.05, 3.63) is 29.8 Å². The fraction of sp³-hybridized carbons (Fsp3) is 0.600. The van der Waals surface area contributed by atoms with Gasteiger partial charge in [-0.25, -0.2) is 0 Å². The number of anilines is 1. The zero-order valence-electron chi connectivity index (χ0n) is 11.3. The first-order chi connectivity index (χ1) is 8.72. The highest BCUT2D eigenvalue weighted by Gasteiger charge is 2.25. The van der Waals surface area contributed by atoms with Crippen LogP contribution in [0, 0.1) is 12.8 Å². The average Bonchev–Trinajstić information content (AvgIpc) is 2.90. The van der Waals surface area contributed by atoms with Crippen LogP contribution in [-0.4, -0.2) is 37.5 Å². The van der Waals surface area contributed by atoms with E-state index in [0.717, 1.165) is 19.6 Å². The van der Waals surface area contributed by atoms with E-state index in [1.165, 1.54) is 11.3 Å². The van der Waals surface area contributed by atoms with Crippen molar-refractivity contribution in [2.75, 3.05) is 31.2 Å². The molecule has 0 saturated carbocycles. The van der Waals surface area contributed by atoms with Gasteiger partial charge in [-0.05, 0) is 31.9 Å². The van der Waals surface area contributed by atoms with Crippen LogP contribution in [0.5, 0.6) is 0 Å². The van der Waals surface area contributed by atoms with Gasteiger partial charge in [-0.15, -0.1) is 0 Å². The van der Waals surface area contributed by atoms with E-state index in [4.69, 9.17) is 4.74 Å². The molecule has 1 fully saturated rings. The van der Waals surface area contributed by atoms with E-state index < -0.39 is 0 Å². The Bertz CT molecular complexity index is 375. The molecule has 0 bridgehead atoms. The third-order valence-corrected chi connectivity index (χ3v) is 3.75. The second-order valence-electron chi connectivity index (χ2n) is 5.02. The molecule has 1 N–H and O–H groups in total. The number of nitrogens with zero attached hydrogens (tertiary/aromatic N) is 1. The second kappa shape index (κ2) is 6.21. The topological polar surface area (TPSA) is 32.7 Å². The van der Waals surface area contributed by atoms with Crippen LogP contribution < -0.4 is 4.90 Å². The fourth-order valence-corrected chi connectivity index (χ4v) is 2.55. The lowest BCUT2D eigenvalue weighted by atomic mass is 10.0. The summed E-state index contributed by atoms with van der Waals surface area (Å²) in [5.41, 5.74) is 2.48. The lowest BCUT2D eigenvalue weighted by Gasteiger charge is -2.29. The smallest absolute Gasteiger partial charge is 0.0765 e. The van der Waals surface area contributed by atoms with Crippen molar-refractivity contribution in [1.82, 2.24) is 0 Å². The maximum Gasteiger partial charge on any atom is 0.0765 e.